The van der Waals surface area contributed by atoms with Crippen LogP contribution in [-0.2, 0) is 19.5 Å². The van der Waals surface area contributed by atoms with Gasteiger partial charge in [0.2, 0.25) is 0 Å². The summed E-state index contributed by atoms with van der Waals surface area (Å²) in [5.41, 5.74) is 2.44. The van der Waals surface area contributed by atoms with Crippen LogP contribution < -0.4 is 4.74 Å². The van der Waals surface area contributed by atoms with E-state index in [2.05, 4.69) is 48.2 Å². The molecule has 2 aromatic rings. The van der Waals surface area contributed by atoms with Crippen LogP contribution in [0.15, 0.2) is 36.5 Å². The Kier molecular flexibility index (Phi) is 3.74. The lowest BCUT2D eigenvalue weighted by atomic mass is 10.1. The molecule has 3 rings (SSSR count). The quantitative estimate of drug-likeness (QED) is 0.836. The fourth-order valence-corrected chi connectivity index (χ4v) is 2.71. The van der Waals surface area contributed by atoms with Gasteiger partial charge in [-0.05, 0) is 31.7 Å². The minimum Gasteiger partial charge on any atom is -0.488 e. The summed E-state index contributed by atoms with van der Waals surface area (Å²) in [5.74, 6) is 1.04. The summed E-state index contributed by atoms with van der Waals surface area (Å²) in [7, 11) is 2.12. The van der Waals surface area contributed by atoms with Gasteiger partial charge in [0.15, 0.2) is 0 Å². The molecule has 1 aliphatic heterocycles. The molecular formula is C16H21N3O. The SMILES string of the molecule is CCn1ccc(CN(C)CC2Cc3ccccc3O2)n1. The van der Waals surface area contributed by atoms with E-state index in [-0.39, 0.29) is 6.10 Å². The van der Waals surface area contributed by atoms with Crippen molar-refractivity contribution in [3.63, 3.8) is 0 Å². The van der Waals surface area contributed by atoms with Gasteiger partial charge in [-0.15, -0.1) is 0 Å². The average Bonchev–Trinajstić information content (AvgIpc) is 3.04. The third-order valence-corrected chi connectivity index (χ3v) is 3.68. The summed E-state index contributed by atoms with van der Waals surface area (Å²) in [6, 6.07) is 10.4. The third kappa shape index (κ3) is 2.85. The number of nitrogens with zero attached hydrogens (tertiary/aromatic N) is 3. The van der Waals surface area contributed by atoms with Crippen molar-refractivity contribution in [3.8, 4) is 5.75 Å². The van der Waals surface area contributed by atoms with Crippen molar-refractivity contribution in [2.45, 2.75) is 32.5 Å². The molecule has 1 unspecified atom stereocenters. The van der Waals surface area contributed by atoms with E-state index in [1.165, 1.54) is 5.56 Å². The lowest BCUT2D eigenvalue weighted by molar-refractivity contribution is 0.164. The number of aromatic nitrogens is 2. The Hall–Kier alpha value is -1.81. The molecule has 1 aromatic carbocycles. The number of para-hydroxylation sites is 1. The van der Waals surface area contributed by atoms with Crippen molar-refractivity contribution in [1.82, 2.24) is 14.7 Å². The van der Waals surface area contributed by atoms with E-state index in [0.717, 1.165) is 37.5 Å². The van der Waals surface area contributed by atoms with Crippen LogP contribution in [0.5, 0.6) is 5.75 Å². The van der Waals surface area contributed by atoms with Crippen molar-refractivity contribution in [1.29, 1.82) is 0 Å². The van der Waals surface area contributed by atoms with Gasteiger partial charge in [-0.2, -0.15) is 5.10 Å². The van der Waals surface area contributed by atoms with Gasteiger partial charge in [-0.1, -0.05) is 18.2 Å². The van der Waals surface area contributed by atoms with E-state index in [9.17, 15) is 0 Å². The van der Waals surface area contributed by atoms with Crippen LogP contribution in [0.3, 0.4) is 0 Å². The first-order chi connectivity index (χ1) is 9.74. The van der Waals surface area contributed by atoms with Gasteiger partial charge >= 0.3 is 0 Å². The number of hydrogen-bond acceptors (Lipinski definition) is 3. The van der Waals surface area contributed by atoms with E-state index >= 15 is 0 Å². The van der Waals surface area contributed by atoms with Gasteiger partial charge in [0.25, 0.3) is 0 Å². The molecule has 0 amide bonds. The van der Waals surface area contributed by atoms with E-state index < -0.39 is 0 Å². The molecule has 0 aliphatic carbocycles. The maximum absolute atomic E-state index is 5.97. The summed E-state index contributed by atoms with van der Waals surface area (Å²) in [4.78, 5) is 2.28. The highest BCUT2D eigenvalue weighted by atomic mass is 16.5. The Morgan fingerprint density at radius 1 is 1.35 bits per heavy atom. The zero-order chi connectivity index (χ0) is 13.9. The standard InChI is InChI=1S/C16H21N3O/c1-3-19-9-8-14(17-19)11-18(2)12-15-10-13-6-4-5-7-16(13)20-15/h4-9,15H,3,10-12H2,1-2H3. The highest BCUT2D eigenvalue weighted by Gasteiger charge is 2.23. The number of rotatable bonds is 5. The fourth-order valence-electron chi connectivity index (χ4n) is 2.71. The predicted molar refractivity (Wildman–Crippen MR) is 78.8 cm³/mol. The van der Waals surface area contributed by atoms with Crippen molar-refractivity contribution < 1.29 is 4.74 Å². The lowest BCUT2D eigenvalue weighted by Gasteiger charge is -2.19. The van der Waals surface area contributed by atoms with Crippen molar-refractivity contribution in [2.75, 3.05) is 13.6 Å². The monoisotopic (exact) mass is 271 g/mol. The van der Waals surface area contributed by atoms with E-state index in [1.54, 1.807) is 0 Å². The molecule has 0 saturated heterocycles. The lowest BCUT2D eigenvalue weighted by Crippen LogP contribution is -2.31. The molecule has 0 spiro atoms. The molecule has 4 heteroatoms. The van der Waals surface area contributed by atoms with Crippen molar-refractivity contribution >= 4 is 0 Å². The Morgan fingerprint density at radius 3 is 2.95 bits per heavy atom. The first-order valence-corrected chi connectivity index (χ1v) is 7.20. The Balaban J connectivity index is 1.54. The molecule has 0 bridgehead atoms. The molecule has 2 heterocycles. The normalized spacial score (nSPS) is 17.2. The number of hydrogen-bond donors (Lipinski definition) is 0. The minimum atomic E-state index is 0.255. The van der Waals surface area contributed by atoms with Gasteiger partial charge in [0.1, 0.15) is 11.9 Å². The van der Waals surface area contributed by atoms with E-state index in [1.807, 2.05) is 16.9 Å². The topological polar surface area (TPSA) is 30.3 Å². The van der Waals surface area contributed by atoms with Crippen LogP contribution in [0.1, 0.15) is 18.2 Å². The molecule has 1 atom stereocenters. The number of likely N-dealkylation sites (N-methyl/N-ethyl adjacent to an activating group) is 1. The highest BCUT2D eigenvalue weighted by molar-refractivity contribution is 5.37. The van der Waals surface area contributed by atoms with Crippen LogP contribution in [-0.4, -0.2) is 34.4 Å². The van der Waals surface area contributed by atoms with Crippen LogP contribution in [0, 0.1) is 0 Å². The van der Waals surface area contributed by atoms with E-state index in [4.69, 9.17) is 4.74 Å². The Bertz CT molecular complexity index is 554. The Labute approximate surface area is 120 Å². The maximum Gasteiger partial charge on any atom is 0.123 e. The van der Waals surface area contributed by atoms with Gasteiger partial charge < -0.3 is 4.74 Å². The minimum absolute atomic E-state index is 0.255. The highest BCUT2D eigenvalue weighted by Crippen LogP contribution is 2.28. The fraction of sp³-hybridized carbons (Fsp3) is 0.438. The maximum atomic E-state index is 5.97. The number of ether oxygens (including phenoxy) is 1. The number of fused-ring (bicyclic) bond motifs is 1. The molecule has 0 N–H and O–H groups in total. The van der Waals surface area contributed by atoms with Crippen LogP contribution in [0.4, 0.5) is 0 Å². The van der Waals surface area contributed by atoms with Gasteiger partial charge in [0, 0.05) is 32.3 Å². The zero-order valence-electron chi connectivity index (χ0n) is 12.1. The van der Waals surface area contributed by atoms with Crippen LogP contribution in [0.2, 0.25) is 0 Å². The molecule has 0 fully saturated rings. The average molecular weight is 271 g/mol. The molecular weight excluding hydrogens is 250 g/mol. The van der Waals surface area contributed by atoms with Crippen LogP contribution in [0.25, 0.3) is 0 Å². The summed E-state index contributed by atoms with van der Waals surface area (Å²) in [5, 5.41) is 4.52. The number of aryl methyl sites for hydroxylation is 1. The second-order valence-corrected chi connectivity index (χ2v) is 5.41. The molecule has 0 saturated carbocycles. The third-order valence-electron chi connectivity index (χ3n) is 3.68. The molecule has 4 nitrogen and oxygen atoms in total. The van der Waals surface area contributed by atoms with Crippen molar-refractivity contribution in [3.05, 3.63) is 47.8 Å². The van der Waals surface area contributed by atoms with Gasteiger partial charge in [-0.3, -0.25) is 9.58 Å². The molecule has 20 heavy (non-hydrogen) atoms. The summed E-state index contributed by atoms with van der Waals surface area (Å²) in [6.07, 6.45) is 3.29. The zero-order valence-corrected chi connectivity index (χ0v) is 12.1. The molecule has 1 aliphatic rings. The van der Waals surface area contributed by atoms with Crippen LogP contribution >= 0.6 is 0 Å². The number of benzene rings is 1. The summed E-state index contributed by atoms with van der Waals surface area (Å²) < 4.78 is 7.94. The van der Waals surface area contributed by atoms with Crippen molar-refractivity contribution in [2.24, 2.45) is 0 Å². The molecule has 1 aromatic heterocycles. The van der Waals surface area contributed by atoms with Gasteiger partial charge in [-0.25, -0.2) is 0 Å². The smallest absolute Gasteiger partial charge is 0.123 e. The summed E-state index contributed by atoms with van der Waals surface area (Å²) >= 11 is 0. The molecule has 0 radical (unpaired) electrons. The first kappa shape index (κ1) is 13.2. The Morgan fingerprint density at radius 2 is 2.20 bits per heavy atom. The predicted octanol–water partition coefficient (Wildman–Crippen LogP) is 2.34. The largest absolute Gasteiger partial charge is 0.488 e. The summed E-state index contributed by atoms with van der Waals surface area (Å²) in [6.45, 7) is 4.81. The van der Waals surface area contributed by atoms with Gasteiger partial charge in [0.05, 0.1) is 5.69 Å². The first-order valence-electron chi connectivity index (χ1n) is 7.20. The molecule has 106 valence electrons. The second kappa shape index (κ2) is 5.67. The van der Waals surface area contributed by atoms with E-state index in [0.29, 0.717) is 0 Å². The second-order valence-electron chi connectivity index (χ2n) is 5.41.